The van der Waals surface area contributed by atoms with Crippen LogP contribution in [0.3, 0.4) is 0 Å². The van der Waals surface area contributed by atoms with E-state index in [1.807, 2.05) is 0 Å². The summed E-state index contributed by atoms with van der Waals surface area (Å²) in [5, 5.41) is 50.8. The highest BCUT2D eigenvalue weighted by atomic mass is 16.4. The van der Waals surface area contributed by atoms with Gasteiger partial charge in [0.15, 0.2) is 5.60 Å². The van der Waals surface area contributed by atoms with Gasteiger partial charge >= 0.3 is 17.9 Å². The first-order valence-electron chi connectivity index (χ1n) is 6.23. The minimum Gasteiger partial charge on any atom is -0.481 e. The van der Waals surface area contributed by atoms with Crippen LogP contribution >= 0.6 is 0 Å². The van der Waals surface area contributed by atoms with Gasteiger partial charge in [-0.2, -0.15) is 0 Å². The molecule has 6 N–H and O–H groups in total. The molecule has 0 aromatic heterocycles. The lowest BCUT2D eigenvalue weighted by molar-refractivity contribution is -0.170. The summed E-state index contributed by atoms with van der Waals surface area (Å²) in [7, 11) is 0. The van der Waals surface area contributed by atoms with Crippen LogP contribution in [0.15, 0.2) is 0 Å². The Morgan fingerprint density at radius 3 is 1.67 bits per heavy atom. The Balaban J connectivity index is 0. The lowest BCUT2D eigenvalue weighted by Gasteiger charge is -2.18. The fraction of sp³-hybridized carbons (Fsp3) is 0.750. The van der Waals surface area contributed by atoms with Crippen molar-refractivity contribution in [3.05, 3.63) is 0 Å². The maximum Gasteiger partial charge on any atom is 0.336 e. The molecule has 0 aliphatic carbocycles. The summed E-state index contributed by atoms with van der Waals surface area (Å²) >= 11 is 0. The lowest BCUT2D eigenvalue weighted by atomic mass is 9.96. The molecule has 21 heavy (non-hydrogen) atoms. The highest BCUT2D eigenvalue weighted by Crippen LogP contribution is 2.15. The second kappa shape index (κ2) is 11.0. The van der Waals surface area contributed by atoms with Gasteiger partial charge in [-0.3, -0.25) is 9.59 Å². The van der Waals surface area contributed by atoms with Gasteiger partial charge in [-0.05, 0) is 26.2 Å². The molecule has 124 valence electrons. The molecule has 0 saturated heterocycles. The smallest absolute Gasteiger partial charge is 0.336 e. The summed E-state index contributed by atoms with van der Waals surface area (Å²) < 4.78 is 0. The molecule has 0 aliphatic heterocycles. The topological polar surface area (TPSA) is 173 Å². The largest absolute Gasteiger partial charge is 0.481 e. The SMILES string of the molecule is CC(O)CCCCO.O=C(O)CC(O)(CC(=O)O)C(=O)O. The molecule has 0 rings (SSSR count). The standard InChI is InChI=1S/C6H8O7.C6H14O2/c7-3(8)1-6(13,5(11)12)2-4(9)10;1-6(8)4-2-3-5-7/h13H,1-2H2,(H,7,8)(H,9,10)(H,11,12);6-8H,2-5H2,1H3. The van der Waals surface area contributed by atoms with Gasteiger partial charge in [0.25, 0.3) is 0 Å². The van der Waals surface area contributed by atoms with E-state index >= 15 is 0 Å². The van der Waals surface area contributed by atoms with Gasteiger partial charge in [0, 0.05) is 6.61 Å². The number of carboxylic acid groups (broad SMARTS) is 3. The van der Waals surface area contributed by atoms with Crippen molar-refractivity contribution in [3.63, 3.8) is 0 Å². The number of aliphatic carboxylic acids is 3. The Labute approximate surface area is 121 Å². The molecule has 0 heterocycles. The molecule has 0 saturated carbocycles. The maximum atomic E-state index is 10.3. The van der Waals surface area contributed by atoms with Crippen molar-refractivity contribution >= 4 is 17.9 Å². The quantitative estimate of drug-likeness (QED) is 0.300. The fourth-order valence-corrected chi connectivity index (χ4v) is 1.27. The molecule has 1 atom stereocenters. The normalized spacial score (nSPS) is 12.0. The zero-order chi connectivity index (χ0) is 17.1. The van der Waals surface area contributed by atoms with Crippen molar-refractivity contribution in [2.75, 3.05) is 6.61 Å². The van der Waals surface area contributed by atoms with E-state index in [0.717, 1.165) is 19.3 Å². The molecule has 0 aliphatic rings. The molecule has 0 fully saturated rings. The minimum absolute atomic E-state index is 0.207. The van der Waals surface area contributed by atoms with Gasteiger partial charge < -0.3 is 30.6 Å². The molecule has 0 amide bonds. The number of carboxylic acids is 3. The van der Waals surface area contributed by atoms with Crippen molar-refractivity contribution < 1.29 is 45.0 Å². The molecule has 0 aromatic carbocycles. The molecular weight excluding hydrogens is 288 g/mol. The first kappa shape index (κ1) is 21.6. The van der Waals surface area contributed by atoms with Gasteiger partial charge in [-0.25, -0.2) is 4.79 Å². The highest BCUT2D eigenvalue weighted by molar-refractivity contribution is 5.88. The predicted octanol–water partition coefficient (Wildman–Crippen LogP) is -0.719. The summed E-state index contributed by atoms with van der Waals surface area (Å²) in [6.07, 6.45) is 0.0460. The zero-order valence-corrected chi connectivity index (χ0v) is 11.7. The molecule has 0 spiro atoms. The predicted molar refractivity (Wildman–Crippen MR) is 69.7 cm³/mol. The summed E-state index contributed by atoms with van der Waals surface area (Å²) in [6.45, 7) is 2.00. The van der Waals surface area contributed by atoms with E-state index in [-0.39, 0.29) is 12.7 Å². The Morgan fingerprint density at radius 2 is 1.43 bits per heavy atom. The first-order chi connectivity index (χ1) is 9.55. The number of aliphatic hydroxyl groups is 3. The number of hydrogen-bond donors (Lipinski definition) is 6. The third kappa shape index (κ3) is 13.0. The van der Waals surface area contributed by atoms with E-state index in [0.29, 0.717) is 0 Å². The van der Waals surface area contributed by atoms with E-state index in [9.17, 15) is 14.4 Å². The average Bonchev–Trinajstić information content (AvgIpc) is 2.27. The number of carbonyl (C=O) groups is 3. The molecule has 1 unspecified atom stereocenters. The molecule has 9 nitrogen and oxygen atoms in total. The maximum absolute atomic E-state index is 10.3. The summed E-state index contributed by atoms with van der Waals surface area (Å²) in [5.74, 6) is -5.02. The molecule has 0 bridgehead atoms. The number of aliphatic hydroxyl groups excluding tert-OH is 2. The van der Waals surface area contributed by atoms with Crippen LogP contribution in [0.1, 0.15) is 39.0 Å². The monoisotopic (exact) mass is 310 g/mol. The van der Waals surface area contributed by atoms with Crippen molar-refractivity contribution in [1.82, 2.24) is 0 Å². The van der Waals surface area contributed by atoms with Crippen LogP contribution in [0.2, 0.25) is 0 Å². The zero-order valence-electron chi connectivity index (χ0n) is 11.7. The highest BCUT2D eigenvalue weighted by Gasteiger charge is 2.40. The summed E-state index contributed by atoms with van der Waals surface area (Å²) in [4.78, 5) is 30.5. The Morgan fingerprint density at radius 1 is 1.00 bits per heavy atom. The van der Waals surface area contributed by atoms with Crippen molar-refractivity contribution in [2.45, 2.75) is 50.7 Å². The summed E-state index contributed by atoms with van der Waals surface area (Å²) in [5.41, 5.74) is -2.74. The Bertz CT molecular complexity index is 322. The van der Waals surface area contributed by atoms with E-state index in [1.54, 1.807) is 6.92 Å². The Kier molecular flexibility index (Phi) is 11.3. The molecular formula is C12H22O9. The van der Waals surface area contributed by atoms with E-state index in [2.05, 4.69) is 0 Å². The number of unbranched alkanes of at least 4 members (excludes halogenated alkanes) is 1. The van der Waals surface area contributed by atoms with Gasteiger partial charge in [0.05, 0.1) is 18.9 Å². The van der Waals surface area contributed by atoms with Crippen LogP contribution < -0.4 is 0 Å². The third-order valence-corrected chi connectivity index (χ3v) is 2.32. The lowest BCUT2D eigenvalue weighted by Crippen LogP contribution is -2.42. The minimum atomic E-state index is -2.74. The van der Waals surface area contributed by atoms with Crippen LogP contribution in [-0.4, -0.2) is 66.9 Å². The third-order valence-electron chi connectivity index (χ3n) is 2.32. The van der Waals surface area contributed by atoms with Crippen molar-refractivity contribution in [3.8, 4) is 0 Å². The van der Waals surface area contributed by atoms with Crippen LogP contribution in [0.4, 0.5) is 0 Å². The first-order valence-corrected chi connectivity index (χ1v) is 6.23. The molecule has 0 radical (unpaired) electrons. The van der Waals surface area contributed by atoms with Gasteiger partial charge in [0.2, 0.25) is 0 Å². The van der Waals surface area contributed by atoms with Gasteiger partial charge in [0.1, 0.15) is 0 Å². The Hall–Kier alpha value is -1.71. The van der Waals surface area contributed by atoms with Crippen LogP contribution in [-0.2, 0) is 14.4 Å². The summed E-state index contributed by atoms with van der Waals surface area (Å²) in [6, 6.07) is 0. The molecule has 0 aromatic rings. The van der Waals surface area contributed by atoms with Crippen molar-refractivity contribution in [1.29, 1.82) is 0 Å². The van der Waals surface area contributed by atoms with E-state index < -0.39 is 36.4 Å². The fourth-order valence-electron chi connectivity index (χ4n) is 1.27. The second-order valence-corrected chi connectivity index (χ2v) is 4.55. The van der Waals surface area contributed by atoms with Gasteiger partial charge in [-0.1, -0.05) is 0 Å². The van der Waals surface area contributed by atoms with Gasteiger partial charge in [-0.15, -0.1) is 0 Å². The van der Waals surface area contributed by atoms with Crippen molar-refractivity contribution in [2.24, 2.45) is 0 Å². The van der Waals surface area contributed by atoms with Crippen LogP contribution in [0.5, 0.6) is 0 Å². The van der Waals surface area contributed by atoms with Crippen LogP contribution in [0.25, 0.3) is 0 Å². The number of rotatable bonds is 9. The second-order valence-electron chi connectivity index (χ2n) is 4.55. The molecule has 9 heteroatoms. The van der Waals surface area contributed by atoms with E-state index in [1.165, 1.54) is 0 Å². The van der Waals surface area contributed by atoms with E-state index in [4.69, 9.17) is 30.6 Å². The number of hydrogen-bond acceptors (Lipinski definition) is 6. The van der Waals surface area contributed by atoms with Crippen LogP contribution in [0, 0.1) is 0 Å². The average molecular weight is 310 g/mol.